The molecule has 4 rings (SSSR count). The summed E-state index contributed by atoms with van der Waals surface area (Å²) < 4.78 is 5.56. The number of fused-ring (bicyclic) bond motifs is 2. The van der Waals surface area contributed by atoms with Gasteiger partial charge in [0.2, 0.25) is 0 Å². The van der Waals surface area contributed by atoms with Crippen LogP contribution >= 0.6 is 11.3 Å². The van der Waals surface area contributed by atoms with Gasteiger partial charge in [-0.1, -0.05) is 6.07 Å². The van der Waals surface area contributed by atoms with Crippen LogP contribution in [0, 0.1) is 13.8 Å². The number of rotatable bonds is 3. The lowest BCUT2D eigenvalue weighted by atomic mass is 10.1. The first-order valence-corrected chi connectivity index (χ1v) is 9.58. The number of carbonyl (C=O) groups is 1. The van der Waals surface area contributed by atoms with Crippen LogP contribution in [0.5, 0.6) is 0 Å². The Bertz CT molecular complexity index is 1080. The summed E-state index contributed by atoms with van der Waals surface area (Å²) in [5, 5.41) is 0.619. The second kappa shape index (κ2) is 6.36. The monoisotopic (exact) mass is 368 g/mol. The second-order valence-corrected chi connectivity index (χ2v) is 8.00. The minimum atomic E-state index is -0.629. The normalized spacial score (nSPS) is 14.4. The highest BCUT2D eigenvalue weighted by Gasteiger charge is 2.20. The highest BCUT2D eigenvalue weighted by atomic mass is 32.1. The SMILES string of the molecule is Cc1sc2nc([C@@H](C)OC(=O)c3ccc4c(c3)CCC4)[nH]c(=O)c2c1C. The van der Waals surface area contributed by atoms with E-state index < -0.39 is 12.1 Å². The number of hydrogen-bond acceptors (Lipinski definition) is 5. The van der Waals surface area contributed by atoms with Crippen molar-refractivity contribution in [2.45, 2.75) is 46.1 Å². The van der Waals surface area contributed by atoms with Crippen LogP contribution in [0.2, 0.25) is 0 Å². The standard InChI is InChI=1S/C20H20N2O3S/c1-10-12(3)26-19-16(10)18(23)21-17(22-19)11(2)25-20(24)15-8-7-13-5-4-6-14(13)9-15/h7-9,11H,4-6H2,1-3H3,(H,21,22,23)/t11-/m1/s1. The van der Waals surface area contributed by atoms with Gasteiger partial charge in [0.05, 0.1) is 10.9 Å². The van der Waals surface area contributed by atoms with Crippen molar-refractivity contribution in [1.29, 1.82) is 0 Å². The van der Waals surface area contributed by atoms with Crippen LogP contribution in [0.1, 0.15) is 57.2 Å². The van der Waals surface area contributed by atoms with Crippen LogP contribution in [-0.4, -0.2) is 15.9 Å². The molecule has 1 N–H and O–H groups in total. The van der Waals surface area contributed by atoms with Crippen molar-refractivity contribution in [2.75, 3.05) is 0 Å². The molecule has 134 valence electrons. The molecule has 1 atom stereocenters. The molecule has 1 aliphatic carbocycles. The van der Waals surface area contributed by atoms with Gasteiger partial charge in [-0.15, -0.1) is 11.3 Å². The van der Waals surface area contributed by atoms with E-state index in [0.717, 1.165) is 29.7 Å². The lowest BCUT2D eigenvalue weighted by Gasteiger charge is -2.13. The first-order valence-electron chi connectivity index (χ1n) is 8.76. The number of esters is 1. The van der Waals surface area contributed by atoms with Crippen molar-refractivity contribution < 1.29 is 9.53 Å². The highest BCUT2D eigenvalue weighted by molar-refractivity contribution is 7.18. The number of thiophene rings is 1. The summed E-state index contributed by atoms with van der Waals surface area (Å²) in [7, 11) is 0. The Morgan fingerprint density at radius 1 is 1.27 bits per heavy atom. The Morgan fingerprint density at radius 2 is 2.04 bits per heavy atom. The fourth-order valence-electron chi connectivity index (χ4n) is 3.45. The van der Waals surface area contributed by atoms with Gasteiger partial charge in [-0.05, 0) is 68.9 Å². The highest BCUT2D eigenvalue weighted by Crippen LogP contribution is 2.27. The maximum Gasteiger partial charge on any atom is 0.338 e. The molecule has 0 unspecified atom stereocenters. The van der Waals surface area contributed by atoms with E-state index in [9.17, 15) is 9.59 Å². The summed E-state index contributed by atoms with van der Waals surface area (Å²) in [5.41, 5.74) is 3.85. The molecule has 1 aliphatic rings. The number of nitrogens with one attached hydrogen (secondary N) is 1. The summed E-state index contributed by atoms with van der Waals surface area (Å²) in [6.45, 7) is 5.61. The third-order valence-corrected chi connectivity index (χ3v) is 6.16. The van der Waals surface area contributed by atoms with Gasteiger partial charge >= 0.3 is 5.97 Å². The van der Waals surface area contributed by atoms with Crippen molar-refractivity contribution in [1.82, 2.24) is 9.97 Å². The van der Waals surface area contributed by atoms with E-state index in [1.54, 1.807) is 6.92 Å². The predicted molar refractivity (Wildman–Crippen MR) is 102 cm³/mol. The average Bonchev–Trinajstić information content (AvgIpc) is 3.18. The van der Waals surface area contributed by atoms with Gasteiger partial charge in [-0.3, -0.25) is 4.79 Å². The number of nitrogens with zero attached hydrogens (tertiary/aromatic N) is 1. The van der Waals surface area contributed by atoms with Gasteiger partial charge in [0, 0.05) is 4.88 Å². The molecule has 5 nitrogen and oxygen atoms in total. The lowest BCUT2D eigenvalue weighted by Crippen LogP contribution is -2.17. The van der Waals surface area contributed by atoms with Crippen molar-refractivity contribution in [3.63, 3.8) is 0 Å². The number of aromatic nitrogens is 2. The van der Waals surface area contributed by atoms with E-state index in [1.165, 1.54) is 22.5 Å². The minimum absolute atomic E-state index is 0.188. The Labute approximate surface area is 155 Å². The molecule has 3 aromatic rings. The molecule has 2 aromatic heterocycles. The van der Waals surface area contributed by atoms with Crippen LogP contribution in [0.3, 0.4) is 0 Å². The zero-order valence-corrected chi connectivity index (χ0v) is 15.8. The fourth-order valence-corrected chi connectivity index (χ4v) is 4.48. The van der Waals surface area contributed by atoms with Crippen molar-refractivity contribution >= 4 is 27.5 Å². The Balaban J connectivity index is 1.60. The Morgan fingerprint density at radius 3 is 2.85 bits per heavy atom. The van der Waals surface area contributed by atoms with Gasteiger partial charge in [0.1, 0.15) is 4.83 Å². The average molecular weight is 368 g/mol. The summed E-state index contributed by atoms with van der Waals surface area (Å²) in [6, 6.07) is 5.74. The molecule has 0 aliphatic heterocycles. The van der Waals surface area contributed by atoms with Gasteiger partial charge < -0.3 is 9.72 Å². The predicted octanol–water partition coefficient (Wildman–Crippen LogP) is 4.01. The Kier molecular flexibility index (Phi) is 4.15. The van der Waals surface area contributed by atoms with Gasteiger partial charge in [0.15, 0.2) is 11.9 Å². The van der Waals surface area contributed by atoms with Crippen LogP contribution in [0.4, 0.5) is 0 Å². The number of hydrogen-bond donors (Lipinski definition) is 1. The van der Waals surface area contributed by atoms with Crippen LogP contribution < -0.4 is 5.56 Å². The molecule has 1 aromatic carbocycles. The molecule has 0 amide bonds. The van der Waals surface area contributed by atoms with E-state index in [-0.39, 0.29) is 5.56 Å². The van der Waals surface area contributed by atoms with Crippen LogP contribution in [0.25, 0.3) is 10.2 Å². The summed E-state index contributed by atoms with van der Waals surface area (Å²) in [5.74, 6) is -0.0215. The van der Waals surface area contributed by atoms with E-state index in [1.807, 2.05) is 32.0 Å². The third-order valence-electron chi connectivity index (χ3n) is 5.06. The maximum absolute atomic E-state index is 12.5. The largest absolute Gasteiger partial charge is 0.451 e. The topological polar surface area (TPSA) is 72.0 Å². The third kappa shape index (κ3) is 2.84. The molecular formula is C20H20N2O3S. The second-order valence-electron chi connectivity index (χ2n) is 6.80. The molecule has 0 saturated carbocycles. The summed E-state index contributed by atoms with van der Waals surface area (Å²) in [4.78, 5) is 33.9. The van der Waals surface area contributed by atoms with Crippen molar-refractivity contribution in [3.8, 4) is 0 Å². The molecule has 2 heterocycles. The first-order chi connectivity index (χ1) is 12.4. The number of ether oxygens (including phenoxy) is 1. The van der Waals surface area contributed by atoms with E-state index in [0.29, 0.717) is 21.6 Å². The van der Waals surface area contributed by atoms with E-state index >= 15 is 0 Å². The fraction of sp³-hybridized carbons (Fsp3) is 0.350. The Hall–Kier alpha value is -2.47. The minimum Gasteiger partial charge on any atom is -0.451 e. The number of carbonyl (C=O) groups excluding carboxylic acids is 1. The first kappa shape index (κ1) is 17.0. The molecular weight excluding hydrogens is 348 g/mol. The van der Waals surface area contributed by atoms with E-state index in [4.69, 9.17) is 4.74 Å². The number of aryl methyl sites for hydroxylation is 4. The molecule has 0 spiro atoms. The number of aromatic amines is 1. The smallest absolute Gasteiger partial charge is 0.338 e. The van der Waals surface area contributed by atoms with Gasteiger partial charge in [-0.2, -0.15) is 0 Å². The lowest BCUT2D eigenvalue weighted by molar-refractivity contribution is 0.0320. The zero-order chi connectivity index (χ0) is 18.4. The molecule has 0 bridgehead atoms. The molecule has 6 heteroatoms. The van der Waals surface area contributed by atoms with Crippen molar-refractivity contribution in [2.24, 2.45) is 0 Å². The molecule has 26 heavy (non-hydrogen) atoms. The summed E-state index contributed by atoms with van der Waals surface area (Å²) >= 11 is 1.48. The van der Waals surface area contributed by atoms with E-state index in [2.05, 4.69) is 9.97 Å². The maximum atomic E-state index is 12.5. The van der Waals surface area contributed by atoms with Crippen LogP contribution in [0.15, 0.2) is 23.0 Å². The number of benzene rings is 1. The van der Waals surface area contributed by atoms with Gasteiger partial charge in [-0.25, -0.2) is 9.78 Å². The zero-order valence-electron chi connectivity index (χ0n) is 15.0. The molecule has 0 radical (unpaired) electrons. The van der Waals surface area contributed by atoms with Gasteiger partial charge in [0.25, 0.3) is 5.56 Å². The quantitative estimate of drug-likeness (QED) is 0.709. The molecule has 0 fully saturated rings. The van der Waals surface area contributed by atoms with Crippen LogP contribution in [-0.2, 0) is 17.6 Å². The number of H-pyrrole nitrogens is 1. The summed E-state index contributed by atoms with van der Waals surface area (Å²) in [6.07, 6.45) is 2.59. The molecule has 0 saturated heterocycles. The van der Waals surface area contributed by atoms with Crippen molar-refractivity contribution in [3.05, 3.63) is 61.5 Å².